The van der Waals surface area contributed by atoms with Crippen LogP contribution in [-0.4, -0.2) is 5.91 Å². The van der Waals surface area contributed by atoms with Crippen molar-refractivity contribution in [3.05, 3.63) is 64.1 Å². The number of rotatable bonds is 4. The summed E-state index contributed by atoms with van der Waals surface area (Å²) < 4.78 is 0.934. The fourth-order valence-corrected chi connectivity index (χ4v) is 2.46. The SMILES string of the molecule is Cc1ccc(Br)cc1NC(=O)C(C)C(N)c1ccccc1. The molecule has 2 atom stereocenters. The maximum atomic E-state index is 12.4. The number of hydrogen-bond acceptors (Lipinski definition) is 2. The second kappa shape index (κ2) is 6.87. The lowest BCUT2D eigenvalue weighted by molar-refractivity contribution is -0.120. The standard InChI is InChI=1S/C17H19BrN2O/c1-11-8-9-14(18)10-15(11)20-17(21)12(2)16(19)13-6-4-3-5-7-13/h3-10,12,16H,19H2,1-2H3,(H,20,21). The molecule has 1 amide bonds. The van der Waals surface area contributed by atoms with Crippen molar-refractivity contribution in [2.24, 2.45) is 11.7 Å². The predicted molar refractivity (Wildman–Crippen MR) is 90.0 cm³/mol. The van der Waals surface area contributed by atoms with Crippen molar-refractivity contribution in [3.8, 4) is 0 Å². The topological polar surface area (TPSA) is 55.1 Å². The monoisotopic (exact) mass is 346 g/mol. The number of carbonyl (C=O) groups is 1. The largest absolute Gasteiger partial charge is 0.326 e. The van der Waals surface area contributed by atoms with Gasteiger partial charge in [0.25, 0.3) is 0 Å². The highest BCUT2D eigenvalue weighted by atomic mass is 79.9. The third-order valence-corrected chi connectivity index (χ3v) is 4.09. The molecule has 0 bridgehead atoms. The van der Waals surface area contributed by atoms with Gasteiger partial charge in [-0.3, -0.25) is 4.79 Å². The molecule has 2 rings (SSSR count). The van der Waals surface area contributed by atoms with E-state index in [4.69, 9.17) is 5.73 Å². The van der Waals surface area contributed by atoms with Crippen molar-refractivity contribution in [1.82, 2.24) is 0 Å². The number of benzene rings is 2. The molecular formula is C17H19BrN2O. The van der Waals surface area contributed by atoms with Gasteiger partial charge in [-0.2, -0.15) is 0 Å². The van der Waals surface area contributed by atoms with E-state index in [1.807, 2.05) is 62.4 Å². The Bertz CT molecular complexity index is 628. The summed E-state index contributed by atoms with van der Waals surface area (Å²) in [6.45, 7) is 3.81. The Morgan fingerprint density at radius 1 is 1.19 bits per heavy atom. The number of halogens is 1. The van der Waals surface area contributed by atoms with Crippen molar-refractivity contribution in [2.45, 2.75) is 19.9 Å². The maximum absolute atomic E-state index is 12.4. The molecule has 0 heterocycles. The molecule has 2 aromatic rings. The van der Waals surface area contributed by atoms with E-state index < -0.39 is 0 Å². The Hall–Kier alpha value is -1.65. The number of hydrogen-bond donors (Lipinski definition) is 2. The number of aryl methyl sites for hydroxylation is 1. The first-order chi connectivity index (χ1) is 9.99. The van der Waals surface area contributed by atoms with Gasteiger partial charge in [0.1, 0.15) is 0 Å². The fourth-order valence-electron chi connectivity index (χ4n) is 2.10. The van der Waals surface area contributed by atoms with Gasteiger partial charge in [0, 0.05) is 16.2 Å². The van der Waals surface area contributed by atoms with Crippen molar-refractivity contribution in [2.75, 3.05) is 5.32 Å². The highest BCUT2D eigenvalue weighted by molar-refractivity contribution is 9.10. The molecule has 0 spiro atoms. The fraction of sp³-hybridized carbons (Fsp3) is 0.235. The van der Waals surface area contributed by atoms with Crippen LogP contribution in [0, 0.1) is 12.8 Å². The minimum Gasteiger partial charge on any atom is -0.326 e. The lowest BCUT2D eigenvalue weighted by atomic mass is 9.94. The van der Waals surface area contributed by atoms with Crippen LogP contribution in [0.15, 0.2) is 53.0 Å². The minimum atomic E-state index is -0.321. The van der Waals surface area contributed by atoms with Gasteiger partial charge >= 0.3 is 0 Å². The van der Waals surface area contributed by atoms with Gasteiger partial charge in [0.05, 0.1) is 5.92 Å². The first kappa shape index (κ1) is 15.7. The van der Waals surface area contributed by atoms with Gasteiger partial charge in [-0.25, -0.2) is 0 Å². The predicted octanol–water partition coefficient (Wildman–Crippen LogP) is 4.03. The summed E-state index contributed by atoms with van der Waals surface area (Å²) in [7, 11) is 0. The molecule has 3 N–H and O–H groups in total. The summed E-state index contributed by atoms with van der Waals surface area (Å²) in [5.41, 5.74) is 8.98. The molecular weight excluding hydrogens is 328 g/mol. The zero-order valence-corrected chi connectivity index (χ0v) is 13.7. The van der Waals surface area contributed by atoms with Crippen molar-refractivity contribution in [3.63, 3.8) is 0 Å². The molecule has 0 aliphatic rings. The molecule has 0 aliphatic heterocycles. The molecule has 0 saturated heterocycles. The summed E-state index contributed by atoms with van der Waals surface area (Å²) in [5.74, 6) is -0.390. The van der Waals surface area contributed by atoms with E-state index in [0.29, 0.717) is 0 Å². The molecule has 0 aliphatic carbocycles. The van der Waals surface area contributed by atoms with Crippen LogP contribution >= 0.6 is 15.9 Å². The van der Waals surface area contributed by atoms with Gasteiger partial charge in [-0.1, -0.05) is 59.3 Å². The number of amides is 1. The number of nitrogens with two attached hydrogens (primary N) is 1. The lowest BCUT2D eigenvalue weighted by Crippen LogP contribution is -2.30. The average molecular weight is 347 g/mol. The second-order valence-electron chi connectivity index (χ2n) is 5.17. The first-order valence-corrected chi connectivity index (χ1v) is 7.66. The van der Waals surface area contributed by atoms with Crippen LogP contribution < -0.4 is 11.1 Å². The molecule has 0 aromatic heterocycles. The Balaban J connectivity index is 2.11. The first-order valence-electron chi connectivity index (χ1n) is 6.86. The summed E-state index contributed by atoms with van der Waals surface area (Å²) in [6, 6.07) is 15.2. The van der Waals surface area contributed by atoms with E-state index in [0.717, 1.165) is 21.3 Å². The summed E-state index contributed by atoms with van der Waals surface area (Å²) in [6.07, 6.45) is 0. The van der Waals surface area contributed by atoms with Crippen LogP contribution in [0.4, 0.5) is 5.69 Å². The molecule has 21 heavy (non-hydrogen) atoms. The number of anilines is 1. The Morgan fingerprint density at radius 3 is 2.52 bits per heavy atom. The van der Waals surface area contributed by atoms with Gasteiger partial charge in [-0.05, 0) is 30.2 Å². The Labute approximate surface area is 133 Å². The molecule has 3 nitrogen and oxygen atoms in total. The number of carbonyl (C=O) groups excluding carboxylic acids is 1. The van der Waals surface area contributed by atoms with Crippen LogP contribution in [0.25, 0.3) is 0 Å². The van der Waals surface area contributed by atoms with Crippen LogP contribution in [-0.2, 0) is 4.79 Å². The Kier molecular flexibility index (Phi) is 5.15. The summed E-state index contributed by atoms with van der Waals surface area (Å²) >= 11 is 3.41. The van der Waals surface area contributed by atoms with Crippen molar-refractivity contribution < 1.29 is 4.79 Å². The van der Waals surface area contributed by atoms with E-state index in [1.54, 1.807) is 0 Å². The smallest absolute Gasteiger partial charge is 0.229 e. The third-order valence-electron chi connectivity index (χ3n) is 3.59. The quantitative estimate of drug-likeness (QED) is 0.877. The zero-order valence-electron chi connectivity index (χ0n) is 12.1. The highest BCUT2D eigenvalue weighted by Crippen LogP contribution is 2.24. The molecule has 2 aromatic carbocycles. The van der Waals surface area contributed by atoms with Gasteiger partial charge in [0.15, 0.2) is 0 Å². The van der Waals surface area contributed by atoms with E-state index in [9.17, 15) is 4.79 Å². The molecule has 0 saturated carbocycles. The van der Waals surface area contributed by atoms with E-state index in [1.165, 1.54) is 0 Å². The van der Waals surface area contributed by atoms with Crippen LogP contribution in [0.1, 0.15) is 24.1 Å². The van der Waals surface area contributed by atoms with E-state index in [2.05, 4.69) is 21.2 Å². The van der Waals surface area contributed by atoms with Crippen molar-refractivity contribution in [1.29, 1.82) is 0 Å². The van der Waals surface area contributed by atoms with Crippen LogP contribution in [0.2, 0.25) is 0 Å². The maximum Gasteiger partial charge on any atom is 0.229 e. The third kappa shape index (κ3) is 3.93. The second-order valence-corrected chi connectivity index (χ2v) is 6.09. The molecule has 4 heteroatoms. The van der Waals surface area contributed by atoms with Crippen LogP contribution in [0.3, 0.4) is 0 Å². The van der Waals surface area contributed by atoms with E-state index >= 15 is 0 Å². The van der Waals surface area contributed by atoms with Gasteiger partial charge < -0.3 is 11.1 Å². The van der Waals surface area contributed by atoms with Gasteiger partial charge in [-0.15, -0.1) is 0 Å². The van der Waals surface area contributed by atoms with Crippen LogP contribution in [0.5, 0.6) is 0 Å². The van der Waals surface area contributed by atoms with Crippen molar-refractivity contribution >= 4 is 27.5 Å². The average Bonchev–Trinajstić information content (AvgIpc) is 2.50. The molecule has 0 radical (unpaired) electrons. The molecule has 0 fully saturated rings. The summed E-state index contributed by atoms with van der Waals surface area (Å²) in [4.78, 5) is 12.4. The lowest BCUT2D eigenvalue weighted by Gasteiger charge is -2.20. The van der Waals surface area contributed by atoms with Gasteiger partial charge in [0.2, 0.25) is 5.91 Å². The molecule has 2 unspecified atom stereocenters. The van der Waals surface area contributed by atoms with E-state index in [-0.39, 0.29) is 17.9 Å². The Morgan fingerprint density at radius 2 is 1.86 bits per heavy atom. The zero-order chi connectivity index (χ0) is 15.4. The molecule has 110 valence electrons. The summed E-state index contributed by atoms with van der Waals surface area (Å²) in [5, 5.41) is 2.95. The highest BCUT2D eigenvalue weighted by Gasteiger charge is 2.22. The normalized spacial score (nSPS) is 13.5. The number of nitrogens with one attached hydrogen (secondary N) is 1. The minimum absolute atomic E-state index is 0.0763.